The summed E-state index contributed by atoms with van der Waals surface area (Å²) in [4.78, 5) is 14.9. The van der Waals surface area contributed by atoms with Gasteiger partial charge in [0, 0.05) is 0 Å². The lowest BCUT2D eigenvalue weighted by Gasteiger charge is -2.14. The van der Waals surface area contributed by atoms with Crippen molar-refractivity contribution in [2.75, 3.05) is 25.7 Å². The van der Waals surface area contributed by atoms with Gasteiger partial charge in [-0.15, -0.1) is 6.42 Å². The van der Waals surface area contributed by atoms with Crippen LogP contribution in [0.25, 0.3) is 6.08 Å². The molecule has 1 amide bonds. The fourth-order valence-corrected chi connectivity index (χ4v) is 3.88. The SMILES string of the molecule is C#CCOc1ccc(C=C2SC(=S)N(c3ccc(OC)cc3)C2=O)cc1OC. The number of amides is 1. The Kier molecular flexibility index (Phi) is 6.24. The minimum atomic E-state index is -0.174. The first-order valence-corrected chi connectivity index (χ1v) is 9.46. The molecule has 1 heterocycles. The smallest absolute Gasteiger partial charge is 0.270 e. The van der Waals surface area contributed by atoms with Crippen molar-refractivity contribution in [2.24, 2.45) is 0 Å². The van der Waals surface area contributed by atoms with Crippen LogP contribution in [0.3, 0.4) is 0 Å². The number of thiocarbonyl (C=S) groups is 1. The van der Waals surface area contributed by atoms with Gasteiger partial charge in [0.25, 0.3) is 5.91 Å². The summed E-state index contributed by atoms with van der Waals surface area (Å²) in [5.74, 6) is 4.03. The molecule has 7 heteroatoms. The maximum Gasteiger partial charge on any atom is 0.270 e. The summed E-state index contributed by atoms with van der Waals surface area (Å²) in [5.41, 5.74) is 1.49. The third-order valence-corrected chi connectivity index (χ3v) is 5.22. The minimum Gasteiger partial charge on any atom is -0.497 e. The van der Waals surface area contributed by atoms with Crippen LogP contribution in [-0.4, -0.2) is 31.1 Å². The Morgan fingerprint density at radius 3 is 2.54 bits per heavy atom. The van der Waals surface area contributed by atoms with E-state index in [4.69, 9.17) is 32.9 Å². The zero-order valence-corrected chi connectivity index (χ0v) is 16.9. The number of thioether (sulfide) groups is 1. The molecule has 1 saturated heterocycles. The second-order valence-corrected chi connectivity index (χ2v) is 7.29. The Hall–Kier alpha value is -2.95. The van der Waals surface area contributed by atoms with Crippen LogP contribution < -0.4 is 19.1 Å². The van der Waals surface area contributed by atoms with E-state index < -0.39 is 0 Å². The summed E-state index contributed by atoms with van der Waals surface area (Å²) in [6.07, 6.45) is 7.00. The Bertz CT molecular complexity index is 977. The van der Waals surface area contributed by atoms with Crippen LogP contribution in [0.4, 0.5) is 5.69 Å². The Morgan fingerprint density at radius 2 is 1.89 bits per heavy atom. The maximum atomic E-state index is 12.9. The molecule has 0 bridgehead atoms. The molecule has 0 saturated carbocycles. The molecule has 1 aliphatic rings. The highest BCUT2D eigenvalue weighted by atomic mass is 32.2. The molecule has 2 aromatic carbocycles. The van der Waals surface area contributed by atoms with Crippen molar-refractivity contribution < 1.29 is 19.0 Å². The highest BCUT2D eigenvalue weighted by Gasteiger charge is 2.33. The van der Waals surface area contributed by atoms with E-state index in [-0.39, 0.29) is 12.5 Å². The maximum absolute atomic E-state index is 12.9. The van der Waals surface area contributed by atoms with Crippen molar-refractivity contribution in [3.05, 3.63) is 52.9 Å². The summed E-state index contributed by atoms with van der Waals surface area (Å²) in [7, 11) is 3.14. The highest BCUT2D eigenvalue weighted by Crippen LogP contribution is 2.37. The predicted molar refractivity (Wildman–Crippen MR) is 116 cm³/mol. The van der Waals surface area contributed by atoms with Gasteiger partial charge in [-0.05, 0) is 48.0 Å². The molecule has 1 fully saturated rings. The van der Waals surface area contributed by atoms with E-state index in [1.807, 2.05) is 6.07 Å². The first kappa shape index (κ1) is 19.8. The number of hydrogen-bond acceptors (Lipinski definition) is 6. The van der Waals surface area contributed by atoms with Crippen molar-refractivity contribution in [3.63, 3.8) is 0 Å². The van der Waals surface area contributed by atoms with Gasteiger partial charge in [0.15, 0.2) is 15.8 Å². The van der Waals surface area contributed by atoms with Crippen molar-refractivity contribution in [2.45, 2.75) is 0 Å². The lowest BCUT2D eigenvalue weighted by molar-refractivity contribution is -0.113. The van der Waals surface area contributed by atoms with Gasteiger partial charge in [-0.25, -0.2) is 0 Å². The number of anilines is 1. The van der Waals surface area contributed by atoms with Gasteiger partial charge in [0.1, 0.15) is 12.4 Å². The molecular formula is C21H17NO4S2. The second-order valence-electron chi connectivity index (χ2n) is 5.62. The van der Waals surface area contributed by atoms with Crippen molar-refractivity contribution >= 4 is 46.0 Å². The highest BCUT2D eigenvalue weighted by molar-refractivity contribution is 8.27. The third-order valence-electron chi connectivity index (χ3n) is 3.92. The Labute approximate surface area is 173 Å². The van der Waals surface area contributed by atoms with E-state index in [2.05, 4.69) is 5.92 Å². The van der Waals surface area contributed by atoms with E-state index in [0.29, 0.717) is 32.2 Å². The molecule has 0 unspecified atom stereocenters. The van der Waals surface area contributed by atoms with Crippen LogP contribution in [0, 0.1) is 12.3 Å². The van der Waals surface area contributed by atoms with Gasteiger partial charge >= 0.3 is 0 Å². The second kappa shape index (κ2) is 8.83. The fourth-order valence-electron chi connectivity index (χ4n) is 2.59. The molecule has 142 valence electrons. The third kappa shape index (κ3) is 4.14. The summed E-state index contributed by atoms with van der Waals surface area (Å²) in [5, 5.41) is 0. The number of carbonyl (C=O) groups is 1. The van der Waals surface area contributed by atoms with Gasteiger partial charge in [-0.2, -0.15) is 0 Å². The average molecular weight is 412 g/mol. The molecule has 3 rings (SSSR count). The lowest BCUT2D eigenvalue weighted by atomic mass is 10.2. The van der Waals surface area contributed by atoms with Gasteiger partial charge in [0.2, 0.25) is 0 Å². The van der Waals surface area contributed by atoms with E-state index in [0.717, 1.165) is 5.56 Å². The molecule has 28 heavy (non-hydrogen) atoms. The number of benzene rings is 2. The fraction of sp³-hybridized carbons (Fsp3) is 0.143. The minimum absolute atomic E-state index is 0.149. The zero-order chi connectivity index (χ0) is 20.1. The predicted octanol–water partition coefficient (Wildman–Crippen LogP) is 4.12. The van der Waals surface area contributed by atoms with Crippen LogP contribution in [0.1, 0.15) is 5.56 Å². The first-order chi connectivity index (χ1) is 13.6. The standard InChI is InChI=1S/C21H17NO4S2/c1-4-11-26-17-10-5-14(12-18(17)25-3)13-19-20(23)22(21(27)28-19)15-6-8-16(24-2)9-7-15/h1,5-10,12-13H,11H2,2-3H3. The number of hydrogen-bond donors (Lipinski definition) is 0. The normalized spacial score (nSPS) is 14.9. The molecule has 0 atom stereocenters. The van der Waals surface area contributed by atoms with Crippen LogP contribution in [0.2, 0.25) is 0 Å². The summed E-state index contributed by atoms with van der Waals surface area (Å²) < 4.78 is 16.4. The average Bonchev–Trinajstić information content (AvgIpc) is 3.00. The van der Waals surface area contributed by atoms with Crippen LogP contribution in [0.15, 0.2) is 47.4 Å². The van der Waals surface area contributed by atoms with E-state index in [1.54, 1.807) is 56.7 Å². The van der Waals surface area contributed by atoms with Crippen LogP contribution >= 0.6 is 24.0 Å². The molecule has 5 nitrogen and oxygen atoms in total. The molecule has 2 aromatic rings. The van der Waals surface area contributed by atoms with Gasteiger partial charge in [-0.3, -0.25) is 9.69 Å². The van der Waals surface area contributed by atoms with Gasteiger partial charge in [-0.1, -0.05) is 36.0 Å². The number of nitrogens with zero attached hydrogens (tertiary/aromatic N) is 1. The van der Waals surface area contributed by atoms with Crippen molar-refractivity contribution in [3.8, 4) is 29.6 Å². The summed E-state index contributed by atoms with van der Waals surface area (Å²) in [6, 6.07) is 12.5. The quantitative estimate of drug-likeness (QED) is 0.405. The molecule has 0 aromatic heterocycles. The van der Waals surface area contributed by atoms with Gasteiger partial charge < -0.3 is 14.2 Å². The van der Waals surface area contributed by atoms with Crippen LogP contribution in [-0.2, 0) is 4.79 Å². The summed E-state index contributed by atoms with van der Waals surface area (Å²) in [6.45, 7) is 0.149. The van der Waals surface area contributed by atoms with E-state index in [9.17, 15) is 4.79 Å². The monoisotopic (exact) mass is 411 g/mol. The molecule has 0 aliphatic carbocycles. The van der Waals surface area contributed by atoms with Gasteiger partial charge in [0.05, 0.1) is 24.8 Å². The molecule has 0 radical (unpaired) electrons. The Morgan fingerprint density at radius 1 is 1.14 bits per heavy atom. The molecule has 1 aliphatic heterocycles. The van der Waals surface area contributed by atoms with Crippen LogP contribution in [0.5, 0.6) is 17.2 Å². The summed E-state index contributed by atoms with van der Waals surface area (Å²) >= 11 is 6.66. The zero-order valence-electron chi connectivity index (χ0n) is 15.3. The van der Waals surface area contributed by atoms with Crippen molar-refractivity contribution in [1.29, 1.82) is 0 Å². The number of carbonyl (C=O) groups excluding carboxylic acids is 1. The number of ether oxygens (including phenoxy) is 3. The van der Waals surface area contributed by atoms with E-state index >= 15 is 0 Å². The first-order valence-electron chi connectivity index (χ1n) is 8.23. The molecular weight excluding hydrogens is 394 g/mol. The number of rotatable bonds is 6. The molecule has 0 N–H and O–H groups in total. The molecule has 0 spiro atoms. The van der Waals surface area contributed by atoms with E-state index in [1.165, 1.54) is 16.7 Å². The lowest BCUT2D eigenvalue weighted by Crippen LogP contribution is -2.27. The van der Waals surface area contributed by atoms with Crippen molar-refractivity contribution in [1.82, 2.24) is 0 Å². The number of terminal acetylenes is 1. The number of methoxy groups -OCH3 is 2. The topological polar surface area (TPSA) is 48.0 Å². The Balaban J connectivity index is 1.86. The largest absolute Gasteiger partial charge is 0.497 e.